The van der Waals surface area contributed by atoms with Gasteiger partial charge in [-0.2, -0.15) is 0 Å². The Kier molecular flexibility index (Phi) is 4.90. The molecule has 0 aliphatic rings. The summed E-state index contributed by atoms with van der Waals surface area (Å²) in [5.41, 5.74) is 2.32. The maximum absolute atomic E-state index is 13.0. The Morgan fingerprint density at radius 2 is 1.46 bits per heavy atom. The molecule has 1 N–H and O–H groups in total. The Balaban J connectivity index is 2.04. The van der Waals surface area contributed by atoms with Crippen molar-refractivity contribution in [3.63, 3.8) is 0 Å². The number of phenols is 1. The first-order valence-corrected chi connectivity index (χ1v) is 7.90. The number of ketones is 1. The van der Waals surface area contributed by atoms with Gasteiger partial charge < -0.3 is 5.11 Å². The van der Waals surface area contributed by atoms with Crippen molar-refractivity contribution in [3.8, 4) is 5.75 Å². The van der Waals surface area contributed by atoms with Crippen LogP contribution in [-0.2, 0) is 0 Å². The second kappa shape index (κ2) is 7.44. The van der Waals surface area contributed by atoms with Gasteiger partial charge in [0.15, 0.2) is 5.78 Å². The van der Waals surface area contributed by atoms with Crippen LogP contribution in [0, 0.1) is 10.1 Å². The molecule has 3 aromatic rings. The van der Waals surface area contributed by atoms with E-state index in [1.165, 1.54) is 24.3 Å². The third-order valence-electron chi connectivity index (χ3n) is 3.87. The highest BCUT2D eigenvalue weighted by molar-refractivity contribution is 6.32. The molecule has 0 aliphatic heterocycles. The zero-order valence-corrected chi connectivity index (χ0v) is 13.7. The lowest BCUT2D eigenvalue weighted by Crippen LogP contribution is -2.02. The summed E-state index contributed by atoms with van der Waals surface area (Å²) in [5, 5.41) is 20.2. The average Bonchev–Trinajstić information content (AvgIpc) is 2.67. The number of carbonyl (C=O) groups is 1. The minimum absolute atomic E-state index is 0.00623. The number of nitrogens with zero attached hydrogens (tertiary/aromatic N) is 1. The van der Waals surface area contributed by atoms with Gasteiger partial charge in [-0.25, -0.2) is 0 Å². The molecule has 0 bridgehead atoms. The van der Waals surface area contributed by atoms with Crippen LogP contribution in [0.25, 0.3) is 11.6 Å². The molecule has 3 rings (SSSR count). The van der Waals surface area contributed by atoms with Crippen molar-refractivity contribution < 1.29 is 14.8 Å². The number of non-ortho nitro benzene ring substituents is 1. The number of phenolic OH excluding ortho intramolecular Hbond substituents is 1. The molecule has 26 heavy (non-hydrogen) atoms. The van der Waals surface area contributed by atoms with Gasteiger partial charge in [0.2, 0.25) is 0 Å². The van der Waals surface area contributed by atoms with E-state index >= 15 is 0 Å². The van der Waals surface area contributed by atoms with Gasteiger partial charge >= 0.3 is 0 Å². The van der Waals surface area contributed by atoms with Gasteiger partial charge in [0.05, 0.1) is 4.92 Å². The minimum Gasteiger partial charge on any atom is -0.508 e. The highest BCUT2D eigenvalue weighted by Gasteiger charge is 2.15. The molecule has 0 amide bonds. The molecule has 0 aliphatic carbocycles. The molecule has 0 atom stereocenters. The maximum Gasteiger partial charge on any atom is 0.269 e. The topological polar surface area (TPSA) is 80.4 Å². The molecule has 0 fully saturated rings. The molecule has 0 spiro atoms. The summed E-state index contributed by atoms with van der Waals surface area (Å²) in [4.78, 5) is 23.3. The number of Topliss-reactive ketones (excluding diaryl/α,β-unsaturated/α-hetero) is 1. The number of allylic oxidation sites excluding steroid dienone is 1. The van der Waals surface area contributed by atoms with Gasteiger partial charge in [0.25, 0.3) is 5.69 Å². The van der Waals surface area contributed by atoms with E-state index in [9.17, 15) is 20.0 Å². The highest BCUT2D eigenvalue weighted by Crippen LogP contribution is 2.24. The summed E-state index contributed by atoms with van der Waals surface area (Å²) in [6, 6.07) is 21.2. The third kappa shape index (κ3) is 3.84. The Bertz CT molecular complexity index is 959. The SMILES string of the molecule is O=C(/C(=C/c1ccc([N+](=O)[O-])cc1)c1ccccc1)c1ccc(O)cc1. The lowest BCUT2D eigenvalue weighted by Gasteiger charge is -2.08. The average molecular weight is 345 g/mol. The fourth-order valence-corrected chi connectivity index (χ4v) is 2.52. The van der Waals surface area contributed by atoms with Gasteiger partial charge in [-0.3, -0.25) is 14.9 Å². The summed E-state index contributed by atoms with van der Waals surface area (Å²) in [6.07, 6.45) is 1.70. The summed E-state index contributed by atoms with van der Waals surface area (Å²) in [6.45, 7) is 0. The third-order valence-corrected chi connectivity index (χ3v) is 3.87. The normalized spacial score (nSPS) is 11.2. The van der Waals surface area contributed by atoms with Crippen molar-refractivity contribution >= 4 is 23.1 Å². The fourth-order valence-electron chi connectivity index (χ4n) is 2.52. The lowest BCUT2D eigenvalue weighted by atomic mass is 9.94. The molecule has 0 unspecified atom stereocenters. The first-order chi connectivity index (χ1) is 12.5. The monoisotopic (exact) mass is 345 g/mol. The van der Waals surface area contributed by atoms with E-state index in [0.717, 1.165) is 5.56 Å². The molecular formula is C21H15NO4. The summed E-state index contributed by atoms with van der Waals surface area (Å²) in [5.74, 6) is -0.114. The predicted octanol–water partition coefficient (Wildman–Crippen LogP) is 4.72. The van der Waals surface area contributed by atoms with Crippen LogP contribution in [0.1, 0.15) is 21.5 Å². The molecule has 0 radical (unpaired) electrons. The molecule has 0 aromatic heterocycles. The van der Waals surface area contributed by atoms with Gasteiger partial charge in [-0.05, 0) is 53.6 Å². The second-order valence-corrected chi connectivity index (χ2v) is 5.65. The van der Waals surface area contributed by atoms with E-state index in [1.807, 2.05) is 30.3 Å². The first kappa shape index (κ1) is 17.1. The van der Waals surface area contributed by atoms with Crippen molar-refractivity contribution in [3.05, 3.63) is 106 Å². The molecule has 5 nitrogen and oxygen atoms in total. The van der Waals surface area contributed by atoms with Gasteiger partial charge in [0.1, 0.15) is 5.75 Å². The fraction of sp³-hybridized carbons (Fsp3) is 0. The summed E-state index contributed by atoms with van der Waals surface area (Å²) < 4.78 is 0. The number of carbonyl (C=O) groups excluding carboxylic acids is 1. The zero-order chi connectivity index (χ0) is 18.5. The molecule has 5 heteroatoms. The van der Waals surface area contributed by atoms with Crippen LogP contribution >= 0.6 is 0 Å². The molecular weight excluding hydrogens is 330 g/mol. The Hall–Kier alpha value is -3.73. The number of rotatable bonds is 5. The van der Waals surface area contributed by atoms with Crippen molar-refractivity contribution in [1.29, 1.82) is 0 Å². The summed E-state index contributed by atoms with van der Waals surface area (Å²) in [7, 11) is 0. The van der Waals surface area contributed by atoms with Crippen LogP contribution in [0.2, 0.25) is 0 Å². The van der Waals surface area contributed by atoms with Crippen LogP contribution in [-0.4, -0.2) is 15.8 Å². The van der Waals surface area contributed by atoms with Crippen LogP contribution < -0.4 is 0 Å². The number of hydrogen-bond donors (Lipinski definition) is 1. The predicted molar refractivity (Wildman–Crippen MR) is 99.8 cm³/mol. The Morgan fingerprint density at radius 3 is 2.04 bits per heavy atom. The quantitative estimate of drug-likeness (QED) is 0.238. The summed E-state index contributed by atoms with van der Waals surface area (Å²) >= 11 is 0. The Labute approximate surface area is 150 Å². The second-order valence-electron chi connectivity index (χ2n) is 5.65. The highest BCUT2D eigenvalue weighted by atomic mass is 16.6. The molecule has 3 aromatic carbocycles. The molecule has 128 valence electrons. The van der Waals surface area contributed by atoms with Crippen molar-refractivity contribution in [2.24, 2.45) is 0 Å². The lowest BCUT2D eigenvalue weighted by molar-refractivity contribution is -0.384. The van der Waals surface area contributed by atoms with Crippen LogP contribution in [0.4, 0.5) is 5.69 Å². The zero-order valence-electron chi connectivity index (χ0n) is 13.7. The number of benzene rings is 3. The number of nitro benzene ring substituents is 1. The molecule has 0 heterocycles. The number of hydrogen-bond acceptors (Lipinski definition) is 4. The van der Waals surface area contributed by atoms with Crippen molar-refractivity contribution in [2.75, 3.05) is 0 Å². The van der Waals surface area contributed by atoms with E-state index in [0.29, 0.717) is 16.7 Å². The largest absolute Gasteiger partial charge is 0.508 e. The number of nitro groups is 1. The molecule has 0 saturated heterocycles. The first-order valence-electron chi connectivity index (χ1n) is 7.90. The van der Waals surface area contributed by atoms with Crippen molar-refractivity contribution in [2.45, 2.75) is 0 Å². The van der Waals surface area contributed by atoms with Crippen molar-refractivity contribution in [1.82, 2.24) is 0 Å². The molecule has 0 saturated carbocycles. The van der Waals surface area contributed by atoms with E-state index in [1.54, 1.807) is 30.3 Å². The van der Waals surface area contributed by atoms with E-state index in [-0.39, 0.29) is 17.2 Å². The van der Waals surface area contributed by atoms with Crippen LogP contribution in [0.15, 0.2) is 78.9 Å². The Morgan fingerprint density at radius 1 is 0.846 bits per heavy atom. The van der Waals surface area contributed by atoms with Gasteiger partial charge in [0, 0.05) is 23.3 Å². The minimum atomic E-state index is -0.465. The van der Waals surface area contributed by atoms with E-state index in [2.05, 4.69) is 0 Å². The van der Waals surface area contributed by atoms with Crippen LogP contribution in [0.5, 0.6) is 5.75 Å². The van der Waals surface area contributed by atoms with Crippen LogP contribution in [0.3, 0.4) is 0 Å². The van der Waals surface area contributed by atoms with E-state index < -0.39 is 4.92 Å². The number of aromatic hydroxyl groups is 1. The maximum atomic E-state index is 13.0. The van der Waals surface area contributed by atoms with E-state index in [4.69, 9.17) is 0 Å². The van der Waals surface area contributed by atoms with Gasteiger partial charge in [-0.1, -0.05) is 30.3 Å². The van der Waals surface area contributed by atoms with Gasteiger partial charge in [-0.15, -0.1) is 0 Å². The standard InChI is InChI=1S/C21H15NO4/c23-19-12-8-17(9-13-19)21(24)20(16-4-2-1-3-5-16)14-15-6-10-18(11-7-15)22(25)26/h1-14,23H/b20-14+. The smallest absolute Gasteiger partial charge is 0.269 e.